The van der Waals surface area contributed by atoms with Gasteiger partial charge in [-0.2, -0.15) is 0 Å². The van der Waals surface area contributed by atoms with Crippen LogP contribution in [0.15, 0.2) is 53.7 Å². The number of carbonyl (C=O) groups is 2. The number of hydrogen-bond acceptors (Lipinski definition) is 6. The van der Waals surface area contributed by atoms with Crippen molar-refractivity contribution in [3.8, 4) is 5.69 Å². The van der Waals surface area contributed by atoms with Gasteiger partial charge in [0.05, 0.1) is 11.4 Å². The Morgan fingerprint density at radius 3 is 2.36 bits per heavy atom. The molecule has 0 saturated carbocycles. The lowest BCUT2D eigenvalue weighted by atomic mass is 10.1. The summed E-state index contributed by atoms with van der Waals surface area (Å²) in [5.74, 6) is 0.100. The molecule has 2 amide bonds. The van der Waals surface area contributed by atoms with E-state index in [2.05, 4.69) is 25.9 Å². The molecule has 2 N–H and O–H groups in total. The molecule has 1 aliphatic rings. The number of nitrogens with one attached hydrogen (secondary N) is 2. The molecule has 10 heteroatoms. The molecule has 8 nitrogen and oxygen atoms in total. The molecule has 0 bridgehead atoms. The van der Waals surface area contributed by atoms with Crippen LogP contribution in [0.5, 0.6) is 0 Å². The summed E-state index contributed by atoms with van der Waals surface area (Å²) in [5, 5.41) is 9.97. The fourth-order valence-corrected chi connectivity index (χ4v) is 4.41. The lowest BCUT2D eigenvalue weighted by Crippen LogP contribution is -2.42. The van der Waals surface area contributed by atoms with E-state index in [1.807, 2.05) is 35.8 Å². The maximum Gasteiger partial charge on any atom is 0.269 e. The predicted octanol–water partition coefficient (Wildman–Crippen LogP) is 3.77. The summed E-state index contributed by atoms with van der Waals surface area (Å²) in [5.41, 5.74) is 7.37. The van der Waals surface area contributed by atoms with Crippen molar-refractivity contribution in [1.29, 1.82) is 0 Å². The van der Waals surface area contributed by atoms with Crippen molar-refractivity contribution < 1.29 is 9.59 Å². The summed E-state index contributed by atoms with van der Waals surface area (Å²) in [6.45, 7) is 3.91. The van der Waals surface area contributed by atoms with Crippen LogP contribution in [0, 0.1) is 6.92 Å². The average Bonchev–Trinajstić information content (AvgIpc) is 3.26. The van der Waals surface area contributed by atoms with Crippen molar-refractivity contribution in [1.82, 2.24) is 25.6 Å². The van der Waals surface area contributed by atoms with Gasteiger partial charge in [-0.15, -0.1) is 10.2 Å². The van der Waals surface area contributed by atoms with Crippen LogP contribution < -0.4 is 15.8 Å². The summed E-state index contributed by atoms with van der Waals surface area (Å²) in [7, 11) is 0. The second kappa shape index (κ2) is 10.7. The second-order valence-corrected chi connectivity index (χ2v) is 9.18. The largest absolute Gasteiger partial charge is 0.341 e. The highest BCUT2D eigenvalue weighted by Crippen LogP contribution is 2.28. The Labute approximate surface area is 201 Å². The fraction of sp³-hybridized carbons (Fsp3) is 0.304. The molecule has 1 aromatic heterocycles. The van der Waals surface area contributed by atoms with E-state index in [9.17, 15) is 9.59 Å². The van der Waals surface area contributed by atoms with Crippen LogP contribution in [-0.2, 0) is 4.79 Å². The average molecular weight is 485 g/mol. The van der Waals surface area contributed by atoms with Gasteiger partial charge in [0, 0.05) is 23.7 Å². The molecule has 172 valence electrons. The molecule has 1 saturated heterocycles. The van der Waals surface area contributed by atoms with E-state index in [-0.39, 0.29) is 11.7 Å². The number of carbonyl (C=O) groups excluding carboxylic acids is 2. The maximum absolute atomic E-state index is 12.4. The first-order valence-electron chi connectivity index (χ1n) is 10.8. The number of halogens is 1. The van der Waals surface area contributed by atoms with Crippen LogP contribution in [0.1, 0.15) is 35.2 Å². The van der Waals surface area contributed by atoms with Gasteiger partial charge in [0.2, 0.25) is 11.9 Å². The van der Waals surface area contributed by atoms with E-state index in [1.54, 1.807) is 24.3 Å². The van der Waals surface area contributed by atoms with Gasteiger partial charge in [-0.3, -0.25) is 25.0 Å². The zero-order valence-corrected chi connectivity index (χ0v) is 19.8. The summed E-state index contributed by atoms with van der Waals surface area (Å²) < 4.78 is 2.00. The number of aromatic nitrogens is 3. The molecular weight excluding hydrogens is 460 g/mol. The normalized spacial score (nSPS) is 13.6. The number of rotatable bonds is 6. The summed E-state index contributed by atoms with van der Waals surface area (Å²) in [6, 6.07) is 14.6. The first-order chi connectivity index (χ1) is 16.0. The highest BCUT2D eigenvalue weighted by Gasteiger charge is 2.22. The molecule has 0 aliphatic carbocycles. The van der Waals surface area contributed by atoms with Gasteiger partial charge >= 0.3 is 0 Å². The maximum atomic E-state index is 12.4. The third-order valence-corrected chi connectivity index (χ3v) is 6.48. The molecular formula is C23H25ClN6O2S. The second-order valence-electron chi connectivity index (χ2n) is 7.80. The minimum atomic E-state index is -0.416. The topological polar surface area (TPSA) is 92.2 Å². The molecule has 33 heavy (non-hydrogen) atoms. The summed E-state index contributed by atoms with van der Waals surface area (Å²) >= 11 is 7.11. The number of benzene rings is 2. The van der Waals surface area contributed by atoms with Gasteiger partial charge in [0.15, 0.2) is 5.16 Å². The number of aryl methyl sites for hydroxylation is 1. The van der Waals surface area contributed by atoms with Crippen LogP contribution >= 0.6 is 23.4 Å². The Balaban J connectivity index is 1.43. The Bertz CT molecular complexity index is 1110. The van der Waals surface area contributed by atoms with E-state index >= 15 is 0 Å². The van der Waals surface area contributed by atoms with Crippen LogP contribution in [0.25, 0.3) is 5.69 Å². The molecule has 3 aromatic rings. The zero-order valence-electron chi connectivity index (χ0n) is 18.3. The lowest BCUT2D eigenvalue weighted by Gasteiger charge is -2.27. The van der Waals surface area contributed by atoms with Crippen LogP contribution in [0.4, 0.5) is 5.95 Å². The SMILES string of the molecule is Cc1ccc(-n2c(SCC(=O)NNC(=O)c3ccc(Cl)cc3)nnc2N2CCCCC2)cc1. The number of nitrogens with zero attached hydrogens (tertiary/aromatic N) is 4. The molecule has 1 aliphatic heterocycles. The summed E-state index contributed by atoms with van der Waals surface area (Å²) in [4.78, 5) is 26.8. The van der Waals surface area contributed by atoms with Gasteiger partial charge < -0.3 is 4.90 Å². The quantitative estimate of drug-likeness (QED) is 0.408. The third-order valence-electron chi connectivity index (χ3n) is 5.30. The van der Waals surface area contributed by atoms with Crippen molar-refractivity contribution in [2.75, 3.05) is 23.7 Å². The number of thioether (sulfide) groups is 1. The third kappa shape index (κ3) is 5.85. The van der Waals surface area contributed by atoms with Gasteiger partial charge in [-0.25, -0.2) is 0 Å². The van der Waals surface area contributed by atoms with E-state index in [0.29, 0.717) is 15.7 Å². The van der Waals surface area contributed by atoms with E-state index in [1.165, 1.54) is 18.2 Å². The van der Waals surface area contributed by atoms with Crippen molar-refractivity contribution in [2.24, 2.45) is 0 Å². The first-order valence-corrected chi connectivity index (χ1v) is 12.1. The van der Waals surface area contributed by atoms with Crippen molar-refractivity contribution >= 4 is 41.1 Å². The fourth-order valence-electron chi connectivity index (χ4n) is 3.54. The van der Waals surface area contributed by atoms with Gasteiger partial charge in [0.1, 0.15) is 0 Å². The van der Waals surface area contributed by atoms with Crippen LogP contribution in [0.2, 0.25) is 5.02 Å². The van der Waals surface area contributed by atoms with Crippen LogP contribution in [0.3, 0.4) is 0 Å². The van der Waals surface area contributed by atoms with Gasteiger partial charge in [-0.1, -0.05) is 41.1 Å². The Morgan fingerprint density at radius 2 is 1.67 bits per heavy atom. The highest BCUT2D eigenvalue weighted by atomic mass is 35.5. The lowest BCUT2D eigenvalue weighted by molar-refractivity contribution is -0.119. The van der Waals surface area contributed by atoms with E-state index < -0.39 is 5.91 Å². The minimum Gasteiger partial charge on any atom is -0.341 e. The molecule has 1 fully saturated rings. The van der Waals surface area contributed by atoms with Crippen molar-refractivity contribution in [3.05, 3.63) is 64.7 Å². The minimum absolute atomic E-state index is 0.0743. The Morgan fingerprint density at radius 1 is 0.970 bits per heavy atom. The zero-order chi connectivity index (χ0) is 23.2. The van der Waals surface area contributed by atoms with E-state index in [4.69, 9.17) is 11.6 Å². The predicted molar refractivity (Wildman–Crippen MR) is 130 cm³/mol. The highest BCUT2D eigenvalue weighted by molar-refractivity contribution is 7.99. The number of hydrazine groups is 1. The van der Waals surface area contributed by atoms with Crippen molar-refractivity contribution in [3.63, 3.8) is 0 Å². The Hall–Kier alpha value is -3.04. The molecule has 0 atom stereocenters. The molecule has 2 heterocycles. The van der Waals surface area contributed by atoms with E-state index in [0.717, 1.165) is 43.1 Å². The molecule has 0 radical (unpaired) electrons. The monoisotopic (exact) mass is 484 g/mol. The Kier molecular flexibility index (Phi) is 7.51. The molecule has 0 unspecified atom stereocenters. The van der Waals surface area contributed by atoms with Gasteiger partial charge in [-0.05, 0) is 62.6 Å². The standard InChI is InChI=1S/C23H25ClN6O2S/c1-16-5-11-19(12-6-16)30-22(29-13-3-2-4-14-29)27-28-23(30)33-15-20(31)25-26-21(32)17-7-9-18(24)10-8-17/h5-12H,2-4,13-15H2,1H3,(H,25,31)(H,26,32). The molecule has 4 rings (SSSR count). The van der Waals surface area contributed by atoms with Gasteiger partial charge in [0.25, 0.3) is 5.91 Å². The number of piperidine rings is 1. The number of anilines is 1. The number of hydrogen-bond donors (Lipinski definition) is 2. The smallest absolute Gasteiger partial charge is 0.269 e. The van der Waals surface area contributed by atoms with Crippen LogP contribution in [-0.4, -0.2) is 45.4 Å². The summed E-state index contributed by atoms with van der Waals surface area (Å²) in [6.07, 6.45) is 3.47. The number of amides is 2. The van der Waals surface area contributed by atoms with Crippen molar-refractivity contribution in [2.45, 2.75) is 31.3 Å². The first kappa shape index (κ1) is 23.1. The molecule has 2 aromatic carbocycles. The molecule has 0 spiro atoms.